The van der Waals surface area contributed by atoms with Gasteiger partial charge in [0.1, 0.15) is 11.4 Å². The summed E-state index contributed by atoms with van der Waals surface area (Å²) in [4.78, 5) is 18.0. The largest absolute Gasteiger partial charge is 0.444 e. The summed E-state index contributed by atoms with van der Waals surface area (Å²) in [5.74, 6) is 0.273. The lowest BCUT2D eigenvalue weighted by atomic mass is 10.1. The van der Waals surface area contributed by atoms with Crippen molar-refractivity contribution < 1.29 is 18.3 Å². The molecular formula is C21H36FN3O3Si. The number of carbonyl (C=O) groups is 1. The highest BCUT2D eigenvalue weighted by Crippen LogP contribution is 2.37. The van der Waals surface area contributed by atoms with Crippen LogP contribution in [0, 0.1) is 11.9 Å². The molecule has 0 aromatic carbocycles. The van der Waals surface area contributed by atoms with Crippen LogP contribution in [-0.4, -0.2) is 44.7 Å². The van der Waals surface area contributed by atoms with Crippen molar-refractivity contribution in [2.75, 3.05) is 29.9 Å². The molecule has 0 unspecified atom stereocenters. The predicted octanol–water partition coefficient (Wildman–Crippen LogP) is 5.42. The molecule has 29 heavy (non-hydrogen) atoms. The first-order valence-electron chi connectivity index (χ1n) is 10.2. The fraction of sp³-hybridized carbons (Fsp3) is 0.714. The first-order chi connectivity index (χ1) is 13.2. The van der Waals surface area contributed by atoms with Gasteiger partial charge in [0.05, 0.1) is 5.69 Å². The maximum Gasteiger partial charge on any atom is 0.412 e. The van der Waals surface area contributed by atoms with Gasteiger partial charge >= 0.3 is 6.09 Å². The predicted molar refractivity (Wildman–Crippen MR) is 118 cm³/mol. The highest BCUT2D eigenvalue weighted by Gasteiger charge is 2.38. The van der Waals surface area contributed by atoms with E-state index in [0.29, 0.717) is 11.7 Å². The van der Waals surface area contributed by atoms with E-state index in [2.05, 4.69) is 49.1 Å². The first-order valence-corrected chi connectivity index (χ1v) is 13.1. The number of nitrogens with one attached hydrogen (secondary N) is 1. The van der Waals surface area contributed by atoms with Gasteiger partial charge in [-0.15, -0.1) is 0 Å². The van der Waals surface area contributed by atoms with Gasteiger partial charge in [0.25, 0.3) is 0 Å². The molecule has 0 bridgehead atoms. The molecule has 0 saturated carbocycles. The third-order valence-electron chi connectivity index (χ3n) is 5.57. The monoisotopic (exact) mass is 425 g/mol. The van der Waals surface area contributed by atoms with E-state index < -0.39 is 26.0 Å². The molecule has 2 heterocycles. The van der Waals surface area contributed by atoms with E-state index in [4.69, 9.17) is 9.16 Å². The second-order valence-electron chi connectivity index (χ2n) is 10.3. The maximum absolute atomic E-state index is 14.4. The highest BCUT2D eigenvalue weighted by molar-refractivity contribution is 6.74. The summed E-state index contributed by atoms with van der Waals surface area (Å²) in [5, 5.41) is 2.60. The van der Waals surface area contributed by atoms with Gasteiger partial charge in [0.2, 0.25) is 5.95 Å². The molecule has 2 rings (SSSR count). The normalized spacial score (nSPS) is 18.1. The molecule has 8 heteroatoms. The van der Waals surface area contributed by atoms with Gasteiger partial charge in [-0.3, -0.25) is 5.32 Å². The van der Waals surface area contributed by atoms with Gasteiger partial charge in [-0.05, 0) is 57.5 Å². The van der Waals surface area contributed by atoms with Crippen molar-refractivity contribution in [2.45, 2.75) is 71.7 Å². The molecule has 0 radical (unpaired) electrons. The van der Waals surface area contributed by atoms with E-state index in [-0.39, 0.29) is 10.7 Å². The summed E-state index contributed by atoms with van der Waals surface area (Å²) in [6.07, 6.45) is 0.297. The standard InChI is InChI=1S/C21H36FN3O3Si/c1-20(2,3)28-19(26)23-16-9-10-17(24-18(16)22)25-12-11-15(13-25)14-27-29(7,8)21(4,5)6/h9-10,15H,11-14H2,1-8H3,(H,23,26)/t15-/m1/s1. The summed E-state index contributed by atoms with van der Waals surface area (Å²) in [6.45, 7) is 18.8. The van der Waals surface area contributed by atoms with Crippen molar-refractivity contribution in [3.8, 4) is 0 Å². The summed E-state index contributed by atoms with van der Waals surface area (Å²) < 4.78 is 25.9. The molecule has 164 valence electrons. The summed E-state index contributed by atoms with van der Waals surface area (Å²) in [6, 6.07) is 3.26. The maximum atomic E-state index is 14.4. The van der Waals surface area contributed by atoms with Crippen LogP contribution in [0.5, 0.6) is 0 Å². The molecule has 1 N–H and O–H groups in total. The molecule has 0 aliphatic carbocycles. The minimum Gasteiger partial charge on any atom is -0.444 e. The Morgan fingerprint density at radius 3 is 2.48 bits per heavy atom. The molecule has 1 aromatic rings. The lowest BCUT2D eigenvalue weighted by Crippen LogP contribution is -2.42. The van der Waals surface area contributed by atoms with Crippen LogP contribution in [0.1, 0.15) is 48.0 Å². The number of hydrogen-bond acceptors (Lipinski definition) is 5. The van der Waals surface area contributed by atoms with Crippen LogP contribution in [0.3, 0.4) is 0 Å². The summed E-state index contributed by atoms with van der Waals surface area (Å²) in [7, 11) is -1.77. The summed E-state index contributed by atoms with van der Waals surface area (Å²) >= 11 is 0. The Kier molecular flexibility index (Phi) is 7.00. The fourth-order valence-electron chi connectivity index (χ4n) is 2.83. The Hall–Kier alpha value is -1.67. The molecule has 1 amide bonds. The second kappa shape index (κ2) is 8.59. The van der Waals surface area contributed by atoms with Gasteiger partial charge in [-0.25, -0.2) is 9.78 Å². The number of amides is 1. The van der Waals surface area contributed by atoms with Crippen molar-refractivity contribution in [3.63, 3.8) is 0 Å². The van der Waals surface area contributed by atoms with Crippen molar-refractivity contribution in [3.05, 3.63) is 18.1 Å². The number of anilines is 2. The lowest BCUT2D eigenvalue weighted by molar-refractivity contribution is 0.0635. The molecule has 0 spiro atoms. The fourth-order valence-corrected chi connectivity index (χ4v) is 3.91. The lowest BCUT2D eigenvalue weighted by Gasteiger charge is -2.37. The molecule has 1 aliphatic rings. The zero-order chi connectivity index (χ0) is 22.0. The van der Waals surface area contributed by atoms with Crippen LogP contribution < -0.4 is 10.2 Å². The number of halogens is 1. The van der Waals surface area contributed by atoms with Crippen LogP contribution in [0.4, 0.5) is 20.7 Å². The average molecular weight is 426 g/mol. The molecular weight excluding hydrogens is 389 g/mol. The van der Waals surface area contributed by atoms with Gasteiger partial charge < -0.3 is 14.1 Å². The van der Waals surface area contributed by atoms with Crippen molar-refractivity contribution in [1.82, 2.24) is 4.98 Å². The van der Waals surface area contributed by atoms with Crippen LogP contribution in [0.25, 0.3) is 0 Å². The Bertz CT molecular complexity index is 729. The Labute approximate surface area is 175 Å². The van der Waals surface area contributed by atoms with E-state index >= 15 is 0 Å². The van der Waals surface area contributed by atoms with Gasteiger partial charge in [-0.2, -0.15) is 4.39 Å². The van der Waals surface area contributed by atoms with Gasteiger partial charge in [0.15, 0.2) is 8.32 Å². The number of pyridine rings is 1. The quantitative estimate of drug-likeness (QED) is 0.504. The van der Waals surface area contributed by atoms with Crippen LogP contribution >= 0.6 is 0 Å². The van der Waals surface area contributed by atoms with E-state index in [9.17, 15) is 9.18 Å². The molecule has 1 fully saturated rings. The third-order valence-corrected chi connectivity index (χ3v) is 10.1. The second-order valence-corrected chi connectivity index (χ2v) is 15.1. The van der Waals surface area contributed by atoms with Crippen LogP contribution in [0.2, 0.25) is 18.1 Å². The Morgan fingerprint density at radius 1 is 1.28 bits per heavy atom. The number of rotatable bonds is 5. The minimum absolute atomic E-state index is 0.0139. The van der Waals surface area contributed by atoms with Crippen molar-refractivity contribution >= 4 is 25.9 Å². The van der Waals surface area contributed by atoms with E-state index in [1.54, 1.807) is 26.8 Å². The zero-order valence-corrected chi connectivity index (χ0v) is 20.1. The van der Waals surface area contributed by atoms with E-state index in [1.807, 2.05) is 0 Å². The molecule has 6 nitrogen and oxygen atoms in total. The first kappa shape index (κ1) is 23.6. The average Bonchev–Trinajstić information content (AvgIpc) is 3.01. The zero-order valence-electron chi connectivity index (χ0n) is 19.1. The van der Waals surface area contributed by atoms with Crippen molar-refractivity contribution in [1.29, 1.82) is 0 Å². The molecule has 1 saturated heterocycles. The molecule has 1 aromatic heterocycles. The van der Waals surface area contributed by atoms with E-state index in [1.165, 1.54) is 6.07 Å². The van der Waals surface area contributed by atoms with E-state index in [0.717, 1.165) is 26.1 Å². The number of ether oxygens (including phenoxy) is 1. The minimum atomic E-state index is -1.77. The highest BCUT2D eigenvalue weighted by atomic mass is 28.4. The van der Waals surface area contributed by atoms with Crippen molar-refractivity contribution in [2.24, 2.45) is 5.92 Å². The molecule has 1 aliphatic heterocycles. The number of aromatic nitrogens is 1. The molecule has 1 atom stereocenters. The Morgan fingerprint density at radius 2 is 1.93 bits per heavy atom. The van der Waals surface area contributed by atoms with Crippen LogP contribution in [0.15, 0.2) is 12.1 Å². The topological polar surface area (TPSA) is 63.7 Å². The number of carbonyl (C=O) groups excluding carboxylic acids is 1. The smallest absolute Gasteiger partial charge is 0.412 e. The number of nitrogens with zero attached hydrogens (tertiary/aromatic N) is 2. The summed E-state index contributed by atoms with van der Waals surface area (Å²) in [5.41, 5.74) is -0.634. The van der Waals surface area contributed by atoms with Crippen LogP contribution in [-0.2, 0) is 9.16 Å². The number of hydrogen-bond donors (Lipinski definition) is 1. The third kappa shape index (κ3) is 6.67. The van der Waals surface area contributed by atoms with Gasteiger partial charge in [-0.1, -0.05) is 20.8 Å². The SMILES string of the molecule is CC(C)(C)OC(=O)Nc1ccc(N2CC[C@@H](CO[Si](C)(C)C(C)(C)C)C2)nc1F. The Balaban J connectivity index is 1.94. The van der Waals surface area contributed by atoms with Gasteiger partial charge in [0, 0.05) is 25.6 Å².